The van der Waals surface area contributed by atoms with Crippen molar-refractivity contribution in [2.75, 3.05) is 13.1 Å². The molecule has 2 aromatic rings. The highest BCUT2D eigenvalue weighted by molar-refractivity contribution is 5.86. The summed E-state index contributed by atoms with van der Waals surface area (Å²) >= 11 is 0. The molecule has 210 valence electrons. The summed E-state index contributed by atoms with van der Waals surface area (Å²) in [5, 5.41) is 9.75. The lowest BCUT2D eigenvalue weighted by Gasteiger charge is -2.47. The van der Waals surface area contributed by atoms with Crippen molar-refractivity contribution < 1.29 is 33.4 Å². The Bertz CT molecular complexity index is 1080. The van der Waals surface area contributed by atoms with Crippen LogP contribution in [0, 0.1) is 0 Å². The number of piperidine rings is 1. The van der Waals surface area contributed by atoms with Crippen LogP contribution in [0.2, 0.25) is 0 Å². The lowest BCUT2D eigenvalue weighted by molar-refractivity contribution is -0.956. The average Bonchev–Trinajstić information content (AvgIpc) is 3.48. The molecule has 2 aromatic carbocycles. The first kappa shape index (κ1) is 27.8. The van der Waals surface area contributed by atoms with Gasteiger partial charge in [-0.15, -0.1) is 0 Å². The van der Waals surface area contributed by atoms with Gasteiger partial charge in [-0.05, 0) is 25.0 Å². The van der Waals surface area contributed by atoms with Crippen molar-refractivity contribution in [2.45, 2.75) is 94.6 Å². The Hall–Kier alpha value is -2.78. The van der Waals surface area contributed by atoms with E-state index in [0.29, 0.717) is 23.2 Å². The van der Waals surface area contributed by atoms with Crippen LogP contribution in [-0.2, 0) is 29.4 Å². The Labute approximate surface area is 230 Å². The predicted molar refractivity (Wildman–Crippen MR) is 145 cm³/mol. The third-order valence-corrected chi connectivity index (χ3v) is 9.09. The number of hydrogen-bond acceptors (Lipinski definition) is 7. The first-order chi connectivity index (χ1) is 18.8. The van der Waals surface area contributed by atoms with E-state index in [2.05, 4.69) is 0 Å². The van der Waals surface area contributed by atoms with E-state index in [1.165, 1.54) is 50.2 Å². The van der Waals surface area contributed by atoms with Gasteiger partial charge >= 0.3 is 11.9 Å². The fraction of sp³-hybridized carbons (Fsp3) is 0.548. The molecule has 8 heteroatoms. The average molecular weight is 538 g/mol. The first-order valence-corrected chi connectivity index (χ1v) is 14.3. The maximum Gasteiger partial charge on any atom is 0.348 e. The number of aliphatic hydroxyl groups is 1. The highest BCUT2D eigenvalue weighted by Gasteiger charge is 2.57. The fourth-order valence-corrected chi connectivity index (χ4v) is 7.19. The molecule has 8 nitrogen and oxygen atoms in total. The van der Waals surface area contributed by atoms with Crippen molar-refractivity contribution >= 4 is 11.9 Å². The van der Waals surface area contributed by atoms with Crippen molar-refractivity contribution in [3.63, 3.8) is 0 Å². The van der Waals surface area contributed by atoms with E-state index >= 15 is 0 Å². The summed E-state index contributed by atoms with van der Waals surface area (Å²) in [4.78, 5) is 26.9. The number of carbonyl (C=O) groups is 2. The topological polar surface area (TPSA) is 108 Å². The summed E-state index contributed by atoms with van der Waals surface area (Å²) in [6.45, 7) is 5.45. The Kier molecular flexibility index (Phi) is 8.10. The standard InChI is InChI=1S/C31H41N2O6/c1-21(34)28(32)29(35)37-22(2)39-31(23-11-5-3-6-12-23,24-13-7-4-8-14-24)30(36)38-27-19-25-15-16-26(20-27)33(25)17-9-10-18-33/h3-8,11-14,21-22,25-28,34H,9-10,15-20,32H2,1-2H3/q+1/t21-,22?,25?,26?,27?,28+/m1/s1. The van der Waals surface area contributed by atoms with E-state index in [1.54, 1.807) is 6.92 Å². The second-order valence-corrected chi connectivity index (χ2v) is 11.4. The number of quaternary nitrogens is 1. The van der Waals surface area contributed by atoms with Crippen LogP contribution < -0.4 is 5.73 Å². The Morgan fingerprint density at radius 1 is 0.923 bits per heavy atom. The Balaban J connectivity index is 1.45. The summed E-state index contributed by atoms with van der Waals surface area (Å²) in [5.74, 6) is -1.34. The molecule has 3 fully saturated rings. The molecule has 0 saturated carbocycles. The zero-order valence-electron chi connectivity index (χ0n) is 22.9. The highest BCUT2D eigenvalue weighted by atomic mass is 16.7. The molecule has 5 rings (SSSR count). The minimum atomic E-state index is -1.67. The summed E-state index contributed by atoms with van der Waals surface area (Å²) in [6, 6.07) is 18.2. The monoisotopic (exact) mass is 537 g/mol. The molecule has 3 aliphatic heterocycles. The number of nitrogens with two attached hydrogens (primary N) is 1. The number of esters is 2. The van der Waals surface area contributed by atoms with Gasteiger partial charge in [0.25, 0.3) is 0 Å². The molecule has 0 amide bonds. The lowest BCUT2D eigenvalue weighted by Crippen LogP contribution is -2.60. The van der Waals surface area contributed by atoms with Crippen LogP contribution in [0.1, 0.15) is 63.5 Å². The van der Waals surface area contributed by atoms with Gasteiger partial charge < -0.3 is 29.5 Å². The molecule has 1 spiro atoms. The number of ether oxygens (including phenoxy) is 3. The van der Waals surface area contributed by atoms with E-state index in [9.17, 15) is 14.7 Å². The fourth-order valence-electron chi connectivity index (χ4n) is 7.19. The predicted octanol–water partition coefficient (Wildman–Crippen LogP) is 3.39. The SMILES string of the molecule is CC(OC(=O)[C@@H](N)[C@@H](C)O)OC(C(=O)OC1CC2CCC(C1)[N+]21CCCC1)(c1ccccc1)c1ccccc1. The zero-order valence-corrected chi connectivity index (χ0v) is 22.9. The first-order valence-electron chi connectivity index (χ1n) is 14.3. The number of carbonyl (C=O) groups excluding carboxylic acids is 2. The zero-order chi connectivity index (χ0) is 27.6. The molecule has 3 saturated heterocycles. The van der Waals surface area contributed by atoms with Gasteiger partial charge in [-0.2, -0.15) is 0 Å². The molecule has 3 heterocycles. The highest BCUT2D eigenvalue weighted by Crippen LogP contribution is 2.47. The van der Waals surface area contributed by atoms with Crippen LogP contribution in [0.15, 0.2) is 60.7 Å². The van der Waals surface area contributed by atoms with Gasteiger partial charge in [-0.3, -0.25) is 4.79 Å². The van der Waals surface area contributed by atoms with Crippen molar-refractivity contribution in [1.82, 2.24) is 0 Å². The van der Waals surface area contributed by atoms with Crippen molar-refractivity contribution in [1.29, 1.82) is 0 Å². The smallest absolute Gasteiger partial charge is 0.348 e. The molecular weight excluding hydrogens is 496 g/mol. The number of nitrogens with zero attached hydrogens (tertiary/aromatic N) is 1. The van der Waals surface area contributed by atoms with Crippen LogP contribution >= 0.6 is 0 Å². The van der Waals surface area contributed by atoms with E-state index in [-0.39, 0.29) is 6.10 Å². The quantitative estimate of drug-likeness (QED) is 0.287. The largest absolute Gasteiger partial charge is 0.459 e. The molecule has 5 atom stereocenters. The van der Waals surface area contributed by atoms with Gasteiger partial charge in [0.2, 0.25) is 11.9 Å². The third-order valence-electron chi connectivity index (χ3n) is 9.09. The third kappa shape index (κ3) is 5.23. The summed E-state index contributed by atoms with van der Waals surface area (Å²) in [6.07, 6.45) is 4.21. The second-order valence-electron chi connectivity index (χ2n) is 11.4. The van der Waals surface area contributed by atoms with Crippen molar-refractivity contribution in [2.24, 2.45) is 5.73 Å². The normalized spacial score (nSPS) is 26.1. The molecule has 0 radical (unpaired) electrons. The molecular formula is C31H41N2O6+. The molecule has 3 aliphatic rings. The van der Waals surface area contributed by atoms with Gasteiger partial charge in [-0.1, -0.05) is 60.7 Å². The van der Waals surface area contributed by atoms with Gasteiger partial charge in [0.05, 0.1) is 31.3 Å². The van der Waals surface area contributed by atoms with E-state index < -0.39 is 36.0 Å². The van der Waals surface area contributed by atoms with Gasteiger partial charge in [0.15, 0.2) is 0 Å². The molecule has 3 N–H and O–H groups in total. The summed E-state index contributed by atoms with van der Waals surface area (Å²) in [7, 11) is 0. The van der Waals surface area contributed by atoms with Crippen molar-refractivity contribution in [3.8, 4) is 0 Å². The molecule has 3 unspecified atom stereocenters. The Morgan fingerprint density at radius 3 is 1.92 bits per heavy atom. The molecule has 2 bridgehead atoms. The second kappa shape index (κ2) is 11.4. The molecule has 0 aliphatic carbocycles. The minimum Gasteiger partial charge on any atom is -0.459 e. The minimum absolute atomic E-state index is 0.198. The molecule has 0 aromatic heterocycles. The Morgan fingerprint density at radius 2 is 1.44 bits per heavy atom. The summed E-state index contributed by atoms with van der Waals surface area (Å²) < 4.78 is 19.5. The van der Waals surface area contributed by atoms with E-state index in [0.717, 1.165) is 12.8 Å². The van der Waals surface area contributed by atoms with Crippen LogP contribution in [-0.4, -0.2) is 71.2 Å². The maximum absolute atomic E-state index is 14.4. The van der Waals surface area contributed by atoms with Gasteiger partial charge in [0.1, 0.15) is 12.1 Å². The van der Waals surface area contributed by atoms with Gasteiger partial charge in [-0.25, -0.2) is 4.79 Å². The van der Waals surface area contributed by atoms with E-state index in [4.69, 9.17) is 19.9 Å². The van der Waals surface area contributed by atoms with Gasteiger partial charge in [0, 0.05) is 38.5 Å². The molecule has 39 heavy (non-hydrogen) atoms. The number of rotatable bonds is 9. The number of hydrogen-bond donors (Lipinski definition) is 2. The van der Waals surface area contributed by atoms with Crippen LogP contribution in [0.4, 0.5) is 0 Å². The van der Waals surface area contributed by atoms with E-state index in [1.807, 2.05) is 60.7 Å². The van der Waals surface area contributed by atoms with Crippen LogP contribution in [0.3, 0.4) is 0 Å². The number of benzene rings is 2. The van der Waals surface area contributed by atoms with Crippen LogP contribution in [0.5, 0.6) is 0 Å². The lowest BCUT2D eigenvalue weighted by atomic mass is 9.85. The van der Waals surface area contributed by atoms with Crippen molar-refractivity contribution in [3.05, 3.63) is 71.8 Å². The summed E-state index contributed by atoms with van der Waals surface area (Å²) in [5.41, 5.74) is 5.26. The number of aliphatic hydroxyl groups excluding tert-OH is 1. The maximum atomic E-state index is 14.4. The van der Waals surface area contributed by atoms with Crippen LogP contribution in [0.25, 0.3) is 0 Å².